The van der Waals surface area contributed by atoms with Crippen LogP contribution in [0.1, 0.15) is 39.2 Å². The Labute approximate surface area is 122 Å². The normalized spacial score (nSPS) is 12.5. The van der Waals surface area contributed by atoms with Gasteiger partial charge in [-0.05, 0) is 46.3 Å². The molecule has 0 spiro atoms. The first kappa shape index (κ1) is 16.7. The Balaban J connectivity index is 2.44. The zero-order chi connectivity index (χ0) is 15.0. The lowest BCUT2D eigenvalue weighted by Crippen LogP contribution is -2.26. The summed E-state index contributed by atoms with van der Waals surface area (Å²) >= 11 is 0. The van der Waals surface area contributed by atoms with Crippen molar-refractivity contribution in [1.82, 2.24) is 14.9 Å². The highest BCUT2D eigenvalue weighted by molar-refractivity contribution is 5.56. The summed E-state index contributed by atoms with van der Waals surface area (Å²) in [6, 6.07) is 0.379. The van der Waals surface area contributed by atoms with E-state index in [0.717, 1.165) is 37.4 Å². The smallest absolute Gasteiger partial charge is 0.148 e. The summed E-state index contributed by atoms with van der Waals surface area (Å²) in [4.78, 5) is 10.8. The molecular weight excluding hydrogens is 252 g/mol. The highest BCUT2D eigenvalue weighted by Crippen LogP contribution is 2.18. The number of hydrogen-bond donors (Lipinski definition) is 3. The van der Waals surface area contributed by atoms with Gasteiger partial charge in [-0.25, -0.2) is 15.8 Å². The average Bonchev–Trinajstić information content (AvgIpc) is 2.46. The Kier molecular flexibility index (Phi) is 7.25. The molecule has 0 radical (unpaired) electrons. The van der Waals surface area contributed by atoms with Crippen LogP contribution in [0.15, 0.2) is 6.33 Å². The van der Waals surface area contributed by atoms with E-state index in [1.54, 1.807) is 0 Å². The van der Waals surface area contributed by atoms with Crippen LogP contribution in [0.2, 0.25) is 0 Å². The van der Waals surface area contributed by atoms with Crippen LogP contribution >= 0.6 is 0 Å². The van der Waals surface area contributed by atoms with E-state index in [1.807, 2.05) is 6.92 Å². The van der Waals surface area contributed by atoms with Crippen LogP contribution < -0.4 is 16.6 Å². The van der Waals surface area contributed by atoms with Gasteiger partial charge in [0.2, 0.25) is 0 Å². The van der Waals surface area contributed by atoms with Gasteiger partial charge in [0, 0.05) is 11.6 Å². The molecule has 0 aliphatic heterocycles. The van der Waals surface area contributed by atoms with E-state index in [-0.39, 0.29) is 0 Å². The van der Waals surface area contributed by atoms with Crippen molar-refractivity contribution in [2.24, 2.45) is 5.84 Å². The first-order valence-electron chi connectivity index (χ1n) is 7.39. The molecule has 0 saturated heterocycles. The van der Waals surface area contributed by atoms with E-state index in [9.17, 15) is 0 Å². The topological polar surface area (TPSA) is 79.1 Å². The van der Waals surface area contributed by atoms with Crippen LogP contribution in [0.5, 0.6) is 0 Å². The second kappa shape index (κ2) is 8.71. The fourth-order valence-electron chi connectivity index (χ4n) is 2.21. The Hall–Kier alpha value is -1.40. The van der Waals surface area contributed by atoms with Crippen molar-refractivity contribution >= 4 is 11.6 Å². The molecule has 0 saturated carbocycles. The summed E-state index contributed by atoms with van der Waals surface area (Å²) in [5.74, 6) is 6.94. The molecule has 6 heteroatoms. The Morgan fingerprint density at radius 1 is 1.25 bits per heavy atom. The summed E-state index contributed by atoms with van der Waals surface area (Å²) < 4.78 is 0. The minimum absolute atomic E-state index is 0.379. The van der Waals surface area contributed by atoms with E-state index in [2.05, 4.69) is 46.4 Å². The minimum atomic E-state index is 0.379. The number of aromatic nitrogens is 2. The monoisotopic (exact) mass is 280 g/mol. The number of nitrogens with zero attached hydrogens (tertiary/aromatic N) is 3. The van der Waals surface area contributed by atoms with Crippen molar-refractivity contribution in [3.05, 3.63) is 11.9 Å². The molecule has 6 nitrogen and oxygen atoms in total. The van der Waals surface area contributed by atoms with Crippen molar-refractivity contribution in [3.63, 3.8) is 0 Å². The maximum atomic E-state index is 5.42. The minimum Gasteiger partial charge on any atom is -0.367 e. The number of nitrogens with two attached hydrogens (primary N) is 1. The highest BCUT2D eigenvalue weighted by atomic mass is 15.3. The van der Waals surface area contributed by atoms with Gasteiger partial charge in [0.05, 0.1) is 0 Å². The second-order valence-corrected chi connectivity index (χ2v) is 5.05. The van der Waals surface area contributed by atoms with Crippen LogP contribution in [0.4, 0.5) is 11.6 Å². The van der Waals surface area contributed by atoms with Crippen LogP contribution in [-0.4, -0.2) is 40.5 Å². The molecule has 0 aliphatic rings. The summed E-state index contributed by atoms with van der Waals surface area (Å²) in [7, 11) is 0. The van der Waals surface area contributed by atoms with E-state index >= 15 is 0 Å². The molecule has 0 aromatic carbocycles. The van der Waals surface area contributed by atoms with Gasteiger partial charge >= 0.3 is 0 Å². The van der Waals surface area contributed by atoms with Gasteiger partial charge in [0.1, 0.15) is 18.0 Å². The molecule has 114 valence electrons. The van der Waals surface area contributed by atoms with Gasteiger partial charge in [-0.1, -0.05) is 13.8 Å². The lowest BCUT2D eigenvalue weighted by molar-refractivity contribution is 0.295. The largest absolute Gasteiger partial charge is 0.367 e. The van der Waals surface area contributed by atoms with E-state index in [4.69, 9.17) is 5.84 Å². The third-order valence-corrected chi connectivity index (χ3v) is 3.61. The zero-order valence-electron chi connectivity index (χ0n) is 13.1. The van der Waals surface area contributed by atoms with Gasteiger partial charge in [-0.2, -0.15) is 0 Å². The number of hydrazine groups is 1. The fraction of sp³-hybridized carbons (Fsp3) is 0.714. The average molecular weight is 280 g/mol. The Morgan fingerprint density at radius 3 is 2.50 bits per heavy atom. The number of nitrogens with one attached hydrogen (secondary N) is 2. The van der Waals surface area contributed by atoms with E-state index in [1.165, 1.54) is 12.7 Å². The molecule has 0 bridgehead atoms. The molecule has 20 heavy (non-hydrogen) atoms. The standard InChI is InChI=1S/C14H28N6/c1-5-20(6-2)9-7-8-11(3)18-13-12(4)14(19-15)17-10-16-13/h10-11H,5-9,15H2,1-4H3,(H2,16,17,18,19). The van der Waals surface area contributed by atoms with Crippen molar-refractivity contribution in [3.8, 4) is 0 Å². The Bertz CT molecular complexity index is 391. The molecule has 1 heterocycles. The molecule has 4 N–H and O–H groups in total. The quantitative estimate of drug-likeness (QED) is 0.474. The van der Waals surface area contributed by atoms with Gasteiger partial charge in [-0.3, -0.25) is 0 Å². The lowest BCUT2D eigenvalue weighted by atomic mass is 10.1. The van der Waals surface area contributed by atoms with Crippen LogP contribution in [0.3, 0.4) is 0 Å². The number of nitrogen functional groups attached to an aromatic ring is 1. The summed E-state index contributed by atoms with van der Waals surface area (Å²) in [5.41, 5.74) is 3.53. The van der Waals surface area contributed by atoms with Crippen molar-refractivity contribution in [2.75, 3.05) is 30.4 Å². The van der Waals surface area contributed by atoms with E-state index < -0.39 is 0 Å². The SMILES string of the molecule is CCN(CC)CCCC(C)Nc1ncnc(NN)c1C. The summed E-state index contributed by atoms with van der Waals surface area (Å²) in [6.07, 6.45) is 3.82. The van der Waals surface area contributed by atoms with Crippen molar-refractivity contribution < 1.29 is 0 Å². The van der Waals surface area contributed by atoms with Crippen LogP contribution in [0.25, 0.3) is 0 Å². The van der Waals surface area contributed by atoms with Crippen LogP contribution in [-0.2, 0) is 0 Å². The summed E-state index contributed by atoms with van der Waals surface area (Å²) in [5, 5.41) is 3.43. The zero-order valence-corrected chi connectivity index (χ0v) is 13.1. The van der Waals surface area contributed by atoms with Crippen LogP contribution in [0, 0.1) is 6.92 Å². The van der Waals surface area contributed by atoms with Gasteiger partial charge in [-0.15, -0.1) is 0 Å². The molecule has 1 rings (SSSR count). The molecular formula is C14H28N6. The Morgan fingerprint density at radius 2 is 1.90 bits per heavy atom. The van der Waals surface area contributed by atoms with Gasteiger partial charge in [0.15, 0.2) is 0 Å². The van der Waals surface area contributed by atoms with E-state index in [0.29, 0.717) is 11.9 Å². The summed E-state index contributed by atoms with van der Waals surface area (Å²) in [6.45, 7) is 11.9. The first-order valence-corrected chi connectivity index (χ1v) is 7.39. The predicted molar refractivity (Wildman–Crippen MR) is 84.7 cm³/mol. The van der Waals surface area contributed by atoms with Gasteiger partial charge < -0.3 is 15.6 Å². The molecule has 1 atom stereocenters. The molecule has 0 amide bonds. The number of hydrogen-bond acceptors (Lipinski definition) is 6. The van der Waals surface area contributed by atoms with Gasteiger partial charge in [0.25, 0.3) is 0 Å². The number of anilines is 2. The molecule has 1 unspecified atom stereocenters. The van der Waals surface area contributed by atoms with Crippen molar-refractivity contribution in [1.29, 1.82) is 0 Å². The fourth-order valence-corrected chi connectivity index (χ4v) is 2.21. The molecule has 0 fully saturated rings. The predicted octanol–water partition coefficient (Wildman–Crippen LogP) is 1.99. The van der Waals surface area contributed by atoms with Crippen molar-refractivity contribution in [2.45, 2.75) is 46.6 Å². The third-order valence-electron chi connectivity index (χ3n) is 3.61. The maximum Gasteiger partial charge on any atom is 0.148 e. The third kappa shape index (κ3) is 4.94. The molecule has 0 aliphatic carbocycles. The highest BCUT2D eigenvalue weighted by Gasteiger charge is 2.09. The molecule has 1 aromatic rings. The lowest BCUT2D eigenvalue weighted by Gasteiger charge is -2.20. The maximum absolute atomic E-state index is 5.42. The second-order valence-electron chi connectivity index (χ2n) is 5.05. The molecule has 1 aromatic heterocycles. The number of rotatable bonds is 9. The first-order chi connectivity index (χ1) is 9.62.